The van der Waals surface area contributed by atoms with Crippen molar-refractivity contribution in [3.63, 3.8) is 0 Å². The van der Waals surface area contributed by atoms with Crippen molar-refractivity contribution in [2.75, 3.05) is 6.61 Å². The van der Waals surface area contributed by atoms with E-state index < -0.39 is 12.6 Å². The number of carbonyl (C=O) groups is 1. The Hall–Kier alpha value is -0.0157. The zero-order valence-corrected chi connectivity index (χ0v) is 6.57. The normalized spacial score (nSPS) is 3.70. The standard InChI is InChI=1S/C2H4O3.4H2O.Ti/c3-1-2(4)5;;;;;/h3H,1H2,(H,4,5);4*1H2;. The third kappa shape index (κ3) is 98.9. The van der Waals surface area contributed by atoms with E-state index >= 15 is 0 Å². The van der Waals surface area contributed by atoms with E-state index in [4.69, 9.17) is 15.0 Å². The van der Waals surface area contributed by atoms with Gasteiger partial charge in [-0.2, -0.15) is 0 Å². The molecule has 0 saturated carbocycles. The molecule has 7 nitrogen and oxygen atoms in total. The largest absolute Gasteiger partial charge is 0.480 e. The van der Waals surface area contributed by atoms with Crippen molar-refractivity contribution in [2.24, 2.45) is 0 Å². The van der Waals surface area contributed by atoms with Crippen molar-refractivity contribution in [2.45, 2.75) is 0 Å². The molecule has 0 unspecified atom stereocenters. The van der Waals surface area contributed by atoms with Gasteiger partial charge in [-0.1, -0.05) is 0 Å². The summed E-state index contributed by atoms with van der Waals surface area (Å²) in [4.78, 5) is 9.12. The molecule has 10 N–H and O–H groups in total. The van der Waals surface area contributed by atoms with Crippen molar-refractivity contribution in [3.05, 3.63) is 0 Å². The molecule has 0 saturated heterocycles. The number of carboxylic acid groups (broad SMARTS) is 1. The van der Waals surface area contributed by atoms with Crippen LogP contribution in [0.15, 0.2) is 0 Å². The monoisotopic (exact) mass is 196 g/mol. The first kappa shape index (κ1) is 50.8. The van der Waals surface area contributed by atoms with Crippen molar-refractivity contribution in [1.82, 2.24) is 0 Å². The van der Waals surface area contributed by atoms with Gasteiger partial charge in [-0.15, -0.1) is 0 Å². The van der Waals surface area contributed by atoms with Gasteiger partial charge >= 0.3 is 5.97 Å². The Balaban J connectivity index is -0.00000000800. The SMILES string of the molecule is O.O.O.O.O=C(O)CO.[Ti]. The fourth-order valence-electron chi connectivity index (χ4n) is 0. The average Bonchev–Trinajstić information content (AvgIpc) is 1.38. The van der Waals surface area contributed by atoms with Crippen LogP contribution in [0.2, 0.25) is 0 Å². The molecule has 0 aromatic carbocycles. The van der Waals surface area contributed by atoms with Crippen molar-refractivity contribution in [1.29, 1.82) is 0 Å². The Morgan fingerprint density at radius 3 is 1.20 bits per heavy atom. The summed E-state index contributed by atoms with van der Waals surface area (Å²) in [5.74, 6) is -1.19. The van der Waals surface area contributed by atoms with Gasteiger partial charge in [0, 0.05) is 21.7 Å². The number of aliphatic hydroxyl groups excluding tert-OH is 1. The molecule has 10 heavy (non-hydrogen) atoms. The summed E-state index contributed by atoms with van der Waals surface area (Å²) in [6.07, 6.45) is 0. The van der Waals surface area contributed by atoms with Gasteiger partial charge < -0.3 is 32.1 Å². The summed E-state index contributed by atoms with van der Waals surface area (Å²) in [6.45, 7) is -0.778. The summed E-state index contributed by atoms with van der Waals surface area (Å²) in [6, 6.07) is 0. The number of hydrogen-bond acceptors (Lipinski definition) is 2. The Kier molecular flexibility index (Phi) is 183. The maximum atomic E-state index is 9.12. The third-order valence-electron chi connectivity index (χ3n) is 0.135. The molecule has 0 aromatic rings. The van der Waals surface area contributed by atoms with Gasteiger partial charge in [-0.3, -0.25) is 0 Å². The first-order valence-corrected chi connectivity index (χ1v) is 1.10. The third-order valence-corrected chi connectivity index (χ3v) is 0.135. The van der Waals surface area contributed by atoms with Crippen LogP contribution in [-0.4, -0.2) is 44.7 Å². The minimum atomic E-state index is -1.19. The molecule has 0 aliphatic heterocycles. The molecule has 0 atom stereocenters. The molecule has 0 aromatic heterocycles. The zero-order valence-electron chi connectivity index (χ0n) is 5.01. The second kappa shape index (κ2) is 36.1. The second-order valence-corrected chi connectivity index (χ2v) is 0.552. The van der Waals surface area contributed by atoms with Crippen LogP contribution < -0.4 is 0 Å². The number of hydrogen-bond donors (Lipinski definition) is 2. The quantitative estimate of drug-likeness (QED) is 0.403. The van der Waals surface area contributed by atoms with Crippen LogP contribution in [0.25, 0.3) is 0 Å². The Morgan fingerprint density at radius 1 is 1.10 bits per heavy atom. The molecule has 0 aliphatic carbocycles. The topological polar surface area (TPSA) is 184 Å². The number of aliphatic carboxylic acids is 1. The van der Waals surface area contributed by atoms with E-state index in [-0.39, 0.29) is 43.6 Å². The Labute approximate surface area is 71.8 Å². The number of carboxylic acids is 1. The summed E-state index contributed by atoms with van der Waals surface area (Å²) < 4.78 is 0. The summed E-state index contributed by atoms with van der Waals surface area (Å²) in [7, 11) is 0. The molecule has 0 fully saturated rings. The Bertz CT molecular complexity index is 46.9. The maximum absolute atomic E-state index is 9.12. The van der Waals surface area contributed by atoms with Gasteiger partial charge in [0.2, 0.25) is 0 Å². The van der Waals surface area contributed by atoms with E-state index in [9.17, 15) is 0 Å². The van der Waals surface area contributed by atoms with Crippen LogP contribution in [0.1, 0.15) is 0 Å². The molecule has 0 amide bonds. The van der Waals surface area contributed by atoms with Gasteiger partial charge in [-0.05, 0) is 0 Å². The van der Waals surface area contributed by atoms with E-state index in [1.165, 1.54) is 0 Å². The molecule has 0 aliphatic rings. The van der Waals surface area contributed by atoms with E-state index in [1.54, 1.807) is 0 Å². The molecule has 8 heteroatoms. The first-order valence-electron chi connectivity index (χ1n) is 1.10. The maximum Gasteiger partial charge on any atom is 0.329 e. The molecule has 0 radical (unpaired) electrons. The average molecular weight is 196 g/mol. The molecular formula is C2H12O7Ti. The van der Waals surface area contributed by atoms with Crippen LogP contribution in [0.5, 0.6) is 0 Å². The van der Waals surface area contributed by atoms with Gasteiger partial charge in [0.25, 0.3) is 0 Å². The van der Waals surface area contributed by atoms with E-state index in [0.717, 1.165) is 0 Å². The van der Waals surface area contributed by atoms with Crippen LogP contribution >= 0.6 is 0 Å². The van der Waals surface area contributed by atoms with Crippen molar-refractivity contribution < 1.29 is 58.6 Å². The minimum absolute atomic E-state index is 0. The molecule has 0 heterocycles. The van der Waals surface area contributed by atoms with Gasteiger partial charge in [-0.25, -0.2) is 4.79 Å². The summed E-state index contributed by atoms with van der Waals surface area (Å²) >= 11 is 0. The van der Waals surface area contributed by atoms with E-state index in [1.807, 2.05) is 0 Å². The fraction of sp³-hybridized carbons (Fsp3) is 0.500. The zero-order chi connectivity index (χ0) is 4.28. The van der Waals surface area contributed by atoms with Gasteiger partial charge in [0.1, 0.15) is 6.61 Å². The van der Waals surface area contributed by atoms with Crippen molar-refractivity contribution >= 4 is 5.97 Å². The van der Waals surface area contributed by atoms with Gasteiger partial charge in [0.15, 0.2) is 0 Å². The van der Waals surface area contributed by atoms with E-state index in [2.05, 4.69) is 0 Å². The number of rotatable bonds is 1. The number of aliphatic hydroxyl groups is 1. The predicted molar refractivity (Wildman–Crippen MR) is 29.2 cm³/mol. The molecule has 66 valence electrons. The van der Waals surface area contributed by atoms with Crippen LogP contribution in [-0.2, 0) is 26.5 Å². The van der Waals surface area contributed by atoms with Crippen LogP contribution in [0, 0.1) is 0 Å². The summed E-state index contributed by atoms with van der Waals surface area (Å²) in [5, 5.41) is 15.0. The predicted octanol–water partition coefficient (Wildman–Crippen LogP) is -4.24. The second-order valence-electron chi connectivity index (χ2n) is 0.552. The van der Waals surface area contributed by atoms with E-state index in [0.29, 0.717) is 0 Å². The summed E-state index contributed by atoms with van der Waals surface area (Å²) in [5.41, 5.74) is 0. The molecule has 0 rings (SSSR count). The Morgan fingerprint density at radius 2 is 1.20 bits per heavy atom. The van der Waals surface area contributed by atoms with Crippen LogP contribution in [0.3, 0.4) is 0 Å². The van der Waals surface area contributed by atoms with Crippen molar-refractivity contribution in [3.8, 4) is 0 Å². The molecular weight excluding hydrogens is 184 g/mol. The molecule has 0 spiro atoms. The molecule has 0 bridgehead atoms. The van der Waals surface area contributed by atoms with Crippen LogP contribution in [0.4, 0.5) is 0 Å². The first-order chi connectivity index (χ1) is 2.27. The fourth-order valence-corrected chi connectivity index (χ4v) is 0. The minimum Gasteiger partial charge on any atom is -0.480 e. The smallest absolute Gasteiger partial charge is 0.329 e. The van der Waals surface area contributed by atoms with Gasteiger partial charge in [0.05, 0.1) is 0 Å².